The summed E-state index contributed by atoms with van der Waals surface area (Å²) in [5.41, 5.74) is 1.01. The Hall–Kier alpha value is -0.730. The standard InChI is InChI=1S/C9H11ClO2/c1-7-6-8(10)2-3-9(7)12-5-4-11/h2-3,6,11H,4-5H2,1H3/p+1. The summed E-state index contributed by atoms with van der Waals surface area (Å²) in [6, 6.07) is 5.46. The van der Waals surface area contributed by atoms with Gasteiger partial charge in [0.25, 0.3) is 0 Å². The number of aryl methyl sites for hydroxylation is 1. The van der Waals surface area contributed by atoms with E-state index in [-0.39, 0.29) is 6.61 Å². The van der Waals surface area contributed by atoms with Crippen molar-refractivity contribution in [1.82, 2.24) is 0 Å². The highest BCUT2D eigenvalue weighted by Gasteiger charge is 1.99. The highest BCUT2D eigenvalue weighted by Crippen LogP contribution is 2.21. The predicted molar refractivity (Wildman–Crippen MR) is 50.2 cm³/mol. The van der Waals surface area contributed by atoms with E-state index in [1.807, 2.05) is 19.1 Å². The first-order valence-corrected chi connectivity index (χ1v) is 4.15. The Labute approximate surface area is 76.7 Å². The van der Waals surface area contributed by atoms with E-state index in [0.717, 1.165) is 11.3 Å². The lowest BCUT2D eigenvalue weighted by Crippen LogP contribution is -2.02. The van der Waals surface area contributed by atoms with E-state index in [9.17, 15) is 0 Å². The number of benzene rings is 1. The van der Waals surface area contributed by atoms with Crippen molar-refractivity contribution in [2.45, 2.75) is 6.92 Å². The van der Waals surface area contributed by atoms with Crippen LogP contribution in [0.25, 0.3) is 0 Å². The summed E-state index contributed by atoms with van der Waals surface area (Å²) in [6.07, 6.45) is 0. The highest BCUT2D eigenvalue weighted by atomic mass is 35.5. The van der Waals surface area contributed by atoms with E-state index in [0.29, 0.717) is 11.6 Å². The average Bonchev–Trinajstić information content (AvgIpc) is 2.03. The van der Waals surface area contributed by atoms with Gasteiger partial charge in [-0.15, -0.1) is 0 Å². The Balaban J connectivity index is 2.72. The van der Waals surface area contributed by atoms with Crippen LogP contribution in [0.4, 0.5) is 0 Å². The molecule has 0 heterocycles. The quantitative estimate of drug-likeness (QED) is 0.664. The van der Waals surface area contributed by atoms with Crippen molar-refractivity contribution in [2.24, 2.45) is 0 Å². The minimum Gasteiger partial charge on any atom is -0.485 e. The first-order valence-electron chi connectivity index (χ1n) is 3.77. The SMILES string of the molecule is Cc1cc(Cl)ccc1OCC[OH2+]. The lowest BCUT2D eigenvalue weighted by atomic mass is 10.2. The molecule has 0 aromatic heterocycles. The molecule has 0 saturated heterocycles. The van der Waals surface area contributed by atoms with Gasteiger partial charge in [0.15, 0.2) is 13.2 Å². The molecule has 0 spiro atoms. The Morgan fingerprint density at radius 3 is 2.83 bits per heavy atom. The number of ether oxygens (including phenoxy) is 1. The lowest BCUT2D eigenvalue weighted by molar-refractivity contribution is 0.200. The number of hydrogen-bond acceptors (Lipinski definition) is 1. The minimum absolute atomic E-state index is 0.280. The summed E-state index contributed by atoms with van der Waals surface area (Å²) in [4.78, 5) is 0. The fraction of sp³-hybridized carbons (Fsp3) is 0.333. The van der Waals surface area contributed by atoms with Crippen LogP contribution in [0.3, 0.4) is 0 Å². The van der Waals surface area contributed by atoms with Crippen LogP contribution in [-0.2, 0) is 0 Å². The van der Waals surface area contributed by atoms with Gasteiger partial charge in [-0.2, -0.15) is 0 Å². The molecule has 66 valence electrons. The molecule has 12 heavy (non-hydrogen) atoms. The predicted octanol–water partition coefficient (Wildman–Crippen LogP) is 1.75. The van der Waals surface area contributed by atoms with Crippen LogP contribution in [0.15, 0.2) is 18.2 Å². The zero-order valence-corrected chi connectivity index (χ0v) is 7.69. The van der Waals surface area contributed by atoms with Gasteiger partial charge in [-0.05, 0) is 30.7 Å². The van der Waals surface area contributed by atoms with Gasteiger partial charge in [0, 0.05) is 5.02 Å². The topological polar surface area (TPSA) is 32.1 Å². The van der Waals surface area contributed by atoms with Crippen LogP contribution < -0.4 is 4.74 Å². The van der Waals surface area contributed by atoms with Crippen molar-refractivity contribution in [3.05, 3.63) is 28.8 Å². The second kappa shape index (κ2) is 4.33. The second-order valence-electron chi connectivity index (χ2n) is 2.51. The summed E-state index contributed by atoms with van der Waals surface area (Å²) in [5.74, 6) is 0.812. The molecule has 0 aliphatic rings. The monoisotopic (exact) mass is 187 g/mol. The maximum Gasteiger partial charge on any atom is 0.178 e. The van der Waals surface area contributed by atoms with Crippen LogP contribution in [-0.4, -0.2) is 18.3 Å². The highest BCUT2D eigenvalue weighted by molar-refractivity contribution is 6.30. The fourth-order valence-electron chi connectivity index (χ4n) is 0.936. The zero-order chi connectivity index (χ0) is 8.97. The third-order valence-electron chi connectivity index (χ3n) is 1.50. The third kappa shape index (κ3) is 2.40. The van der Waals surface area contributed by atoms with E-state index in [2.05, 4.69) is 0 Å². The van der Waals surface area contributed by atoms with Gasteiger partial charge < -0.3 is 9.84 Å². The van der Waals surface area contributed by atoms with E-state index in [1.165, 1.54) is 0 Å². The van der Waals surface area contributed by atoms with Gasteiger partial charge in [-0.3, -0.25) is 0 Å². The van der Waals surface area contributed by atoms with Crippen molar-refractivity contribution >= 4 is 11.6 Å². The van der Waals surface area contributed by atoms with E-state index >= 15 is 0 Å². The van der Waals surface area contributed by atoms with Crippen LogP contribution in [0.1, 0.15) is 5.56 Å². The maximum absolute atomic E-state index is 6.91. The smallest absolute Gasteiger partial charge is 0.178 e. The molecule has 0 saturated carbocycles. The molecule has 2 N–H and O–H groups in total. The fourth-order valence-corrected chi connectivity index (χ4v) is 1.16. The third-order valence-corrected chi connectivity index (χ3v) is 1.73. The largest absolute Gasteiger partial charge is 0.485 e. The van der Waals surface area contributed by atoms with Gasteiger partial charge in [-0.1, -0.05) is 11.6 Å². The summed E-state index contributed by atoms with van der Waals surface area (Å²) in [5, 5.41) is 7.63. The van der Waals surface area contributed by atoms with Crippen molar-refractivity contribution in [2.75, 3.05) is 13.2 Å². The Bertz CT molecular complexity index is 261. The molecule has 0 amide bonds. The first-order chi connectivity index (χ1) is 5.74. The van der Waals surface area contributed by atoms with E-state index in [1.54, 1.807) is 6.07 Å². The second-order valence-corrected chi connectivity index (χ2v) is 2.94. The van der Waals surface area contributed by atoms with Crippen molar-refractivity contribution in [3.8, 4) is 5.75 Å². The molecule has 1 rings (SSSR count). The molecule has 3 heteroatoms. The van der Waals surface area contributed by atoms with Crippen LogP contribution in [0.5, 0.6) is 5.75 Å². The molecule has 0 aliphatic carbocycles. The van der Waals surface area contributed by atoms with Crippen LogP contribution in [0, 0.1) is 6.92 Å². The Morgan fingerprint density at radius 1 is 1.50 bits per heavy atom. The summed E-state index contributed by atoms with van der Waals surface area (Å²) >= 11 is 5.76. The van der Waals surface area contributed by atoms with Gasteiger partial charge in [0.2, 0.25) is 0 Å². The first kappa shape index (κ1) is 9.36. The molecule has 0 bridgehead atoms. The van der Waals surface area contributed by atoms with Gasteiger partial charge in [0.05, 0.1) is 0 Å². The summed E-state index contributed by atoms with van der Waals surface area (Å²) in [7, 11) is 0. The molecule has 0 atom stereocenters. The molecule has 0 aliphatic heterocycles. The van der Waals surface area contributed by atoms with Gasteiger partial charge >= 0.3 is 0 Å². The van der Waals surface area contributed by atoms with Crippen molar-refractivity contribution in [3.63, 3.8) is 0 Å². The average molecular weight is 188 g/mol. The molecule has 0 radical (unpaired) electrons. The summed E-state index contributed by atoms with van der Waals surface area (Å²) < 4.78 is 5.29. The van der Waals surface area contributed by atoms with Crippen molar-refractivity contribution < 1.29 is 9.84 Å². The zero-order valence-electron chi connectivity index (χ0n) is 6.93. The Morgan fingerprint density at radius 2 is 2.25 bits per heavy atom. The molecule has 0 fully saturated rings. The molecule has 2 nitrogen and oxygen atoms in total. The molecular formula is C9H12ClO2+. The normalized spacial score (nSPS) is 9.92. The maximum atomic E-state index is 6.91. The van der Waals surface area contributed by atoms with Crippen LogP contribution in [0.2, 0.25) is 5.02 Å². The van der Waals surface area contributed by atoms with Crippen LogP contribution >= 0.6 is 11.6 Å². The summed E-state index contributed by atoms with van der Waals surface area (Å²) in [6.45, 7) is 2.65. The molecule has 1 aromatic rings. The Kier molecular flexibility index (Phi) is 3.38. The molecular weight excluding hydrogens is 176 g/mol. The van der Waals surface area contributed by atoms with Gasteiger partial charge in [-0.25, -0.2) is 0 Å². The molecule has 1 aromatic carbocycles. The minimum atomic E-state index is 0.280. The van der Waals surface area contributed by atoms with Gasteiger partial charge in [0.1, 0.15) is 5.75 Å². The van der Waals surface area contributed by atoms with E-state index in [4.69, 9.17) is 21.4 Å². The number of hydrogen-bond donors (Lipinski definition) is 0. The molecule has 0 unspecified atom stereocenters. The number of rotatable bonds is 3. The van der Waals surface area contributed by atoms with E-state index < -0.39 is 0 Å². The lowest BCUT2D eigenvalue weighted by Gasteiger charge is -2.06. The number of halogens is 1. The van der Waals surface area contributed by atoms with Crippen molar-refractivity contribution in [1.29, 1.82) is 0 Å².